The molecule has 0 unspecified atom stereocenters. The van der Waals surface area contributed by atoms with Crippen LogP contribution in [0.2, 0.25) is 0 Å². The maximum atomic E-state index is 11.2. The minimum atomic E-state index is -0.576. The molecule has 17 heavy (non-hydrogen) atoms. The van der Waals surface area contributed by atoms with E-state index in [-0.39, 0.29) is 12.3 Å². The van der Waals surface area contributed by atoms with Gasteiger partial charge < -0.3 is 14.3 Å². The molecule has 90 valence electrons. The molecule has 0 aliphatic carbocycles. The van der Waals surface area contributed by atoms with Gasteiger partial charge in [-0.1, -0.05) is 5.21 Å². The molecule has 1 N–H and O–H groups in total. The van der Waals surface area contributed by atoms with Gasteiger partial charge in [-0.25, -0.2) is 9.48 Å². The van der Waals surface area contributed by atoms with E-state index < -0.39 is 12.0 Å². The number of nitrogens with zero attached hydrogens (tertiary/aromatic N) is 3. The maximum absolute atomic E-state index is 11.2. The van der Waals surface area contributed by atoms with Crippen molar-refractivity contribution in [2.24, 2.45) is 0 Å². The third-order valence-corrected chi connectivity index (χ3v) is 2.27. The quantitative estimate of drug-likeness (QED) is 0.766. The Kier molecular flexibility index (Phi) is 3.20. The lowest BCUT2D eigenvalue weighted by Crippen LogP contribution is -2.14. The summed E-state index contributed by atoms with van der Waals surface area (Å²) in [5, 5.41) is 16.7. The molecule has 0 fully saturated rings. The number of carbonyl (C=O) groups excluding carboxylic acids is 1. The third-order valence-electron chi connectivity index (χ3n) is 2.27. The number of methoxy groups -OCH3 is 1. The summed E-state index contributed by atoms with van der Waals surface area (Å²) in [6.45, 7) is -0.211. The molecule has 0 radical (unpaired) electrons. The molecule has 0 spiro atoms. The van der Waals surface area contributed by atoms with Gasteiger partial charge in [0.05, 0.1) is 26.2 Å². The number of aromatic nitrogens is 3. The van der Waals surface area contributed by atoms with E-state index in [2.05, 4.69) is 15.0 Å². The molecule has 0 aliphatic heterocycles. The van der Waals surface area contributed by atoms with Crippen LogP contribution in [0.3, 0.4) is 0 Å². The van der Waals surface area contributed by atoms with Crippen LogP contribution < -0.4 is 0 Å². The Hall–Kier alpha value is -2.15. The van der Waals surface area contributed by atoms with Crippen molar-refractivity contribution in [3.63, 3.8) is 0 Å². The van der Waals surface area contributed by atoms with Crippen molar-refractivity contribution in [3.8, 4) is 0 Å². The molecule has 0 aliphatic rings. The highest BCUT2D eigenvalue weighted by molar-refractivity contribution is 5.86. The van der Waals surface area contributed by atoms with Crippen molar-refractivity contribution >= 4 is 5.97 Å². The summed E-state index contributed by atoms with van der Waals surface area (Å²) in [6.07, 6.45) is 2.89. The minimum Gasteiger partial charge on any atom is -0.467 e. The Balaban J connectivity index is 2.26. The predicted molar refractivity (Wildman–Crippen MR) is 55.3 cm³/mol. The van der Waals surface area contributed by atoms with Crippen LogP contribution in [0.1, 0.15) is 22.3 Å². The number of hydrogen-bond donors (Lipinski definition) is 1. The molecule has 7 nitrogen and oxygen atoms in total. The molecule has 0 saturated carbocycles. The van der Waals surface area contributed by atoms with Crippen LogP contribution in [-0.4, -0.2) is 39.8 Å². The molecular weight excluding hydrogens is 226 g/mol. The Labute approximate surface area is 96.6 Å². The second-order valence-corrected chi connectivity index (χ2v) is 3.29. The van der Waals surface area contributed by atoms with Gasteiger partial charge in [-0.3, -0.25) is 0 Å². The first-order chi connectivity index (χ1) is 8.26. The number of hydrogen-bond acceptors (Lipinski definition) is 6. The fraction of sp³-hybridized carbons (Fsp3) is 0.300. The zero-order chi connectivity index (χ0) is 12.3. The second kappa shape index (κ2) is 4.79. The Morgan fingerprint density at radius 3 is 3.12 bits per heavy atom. The lowest BCUT2D eigenvalue weighted by atomic mass is 10.2. The molecular formula is C10H11N3O4. The zero-order valence-electron chi connectivity index (χ0n) is 9.11. The van der Waals surface area contributed by atoms with Crippen molar-refractivity contribution in [1.29, 1.82) is 0 Å². The first-order valence-electron chi connectivity index (χ1n) is 4.90. The van der Waals surface area contributed by atoms with Crippen LogP contribution in [0.5, 0.6) is 0 Å². The number of furan rings is 1. The monoisotopic (exact) mass is 237 g/mol. The highest BCUT2D eigenvalue weighted by Crippen LogP contribution is 2.17. The Bertz CT molecular complexity index is 491. The van der Waals surface area contributed by atoms with Crippen LogP contribution in [0.15, 0.2) is 29.0 Å². The average molecular weight is 237 g/mol. The van der Waals surface area contributed by atoms with Gasteiger partial charge in [0.15, 0.2) is 5.69 Å². The summed E-state index contributed by atoms with van der Waals surface area (Å²) in [5.74, 6) is -0.0406. The number of rotatable bonds is 4. The van der Waals surface area contributed by atoms with Crippen LogP contribution in [-0.2, 0) is 4.74 Å². The van der Waals surface area contributed by atoms with E-state index >= 15 is 0 Å². The summed E-state index contributed by atoms with van der Waals surface area (Å²) in [7, 11) is 1.26. The maximum Gasteiger partial charge on any atom is 0.360 e. The van der Waals surface area contributed by atoms with Crippen LogP contribution in [0.4, 0.5) is 0 Å². The predicted octanol–water partition coefficient (Wildman–Crippen LogP) is 0.239. The molecule has 2 aromatic rings. The summed E-state index contributed by atoms with van der Waals surface area (Å²) >= 11 is 0. The number of esters is 1. The van der Waals surface area contributed by atoms with Crippen molar-refractivity contribution in [2.75, 3.05) is 13.7 Å². The second-order valence-electron chi connectivity index (χ2n) is 3.29. The van der Waals surface area contributed by atoms with Gasteiger partial charge in [0.2, 0.25) is 0 Å². The molecule has 0 saturated heterocycles. The summed E-state index contributed by atoms with van der Waals surface area (Å²) in [6, 6.07) is 2.91. The smallest absolute Gasteiger partial charge is 0.360 e. The van der Waals surface area contributed by atoms with Crippen LogP contribution in [0, 0.1) is 0 Å². The molecule has 2 rings (SSSR count). The number of aliphatic hydroxyl groups is 1. The van der Waals surface area contributed by atoms with Gasteiger partial charge in [-0.15, -0.1) is 5.10 Å². The fourth-order valence-corrected chi connectivity index (χ4v) is 1.41. The largest absolute Gasteiger partial charge is 0.467 e. The first-order valence-corrected chi connectivity index (χ1v) is 4.90. The SMILES string of the molecule is COC(=O)c1cn([C@H](CO)c2ccco2)nn1. The topological polar surface area (TPSA) is 90.4 Å². The van der Waals surface area contributed by atoms with Crippen LogP contribution in [0.25, 0.3) is 0 Å². The van der Waals surface area contributed by atoms with Gasteiger partial charge in [0.25, 0.3) is 0 Å². The summed E-state index contributed by atoms with van der Waals surface area (Å²) in [4.78, 5) is 11.2. The van der Waals surface area contributed by atoms with Crippen molar-refractivity contribution < 1.29 is 19.1 Å². The molecule has 0 bridgehead atoms. The van der Waals surface area contributed by atoms with E-state index in [0.29, 0.717) is 5.76 Å². The summed E-state index contributed by atoms with van der Waals surface area (Å²) in [5.41, 5.74) is 0.0810. The highest BCUT2D eigenvalue weighted by atomic mass is 16.5. The van der Waals surface area contributed by atoms with Crippen molar-refractivity contribution in [2.45, 2.75) is 6.04 Å². The van der Waals surface area contributed by atoms with E-state index in [1.807, 2.05) is 0 Å². The molecule has 0 amide bonds. The van der Waals surface area contributed by atoms with Gasteiger partial charge in [-0.2, -0.15) is 0 Å². The van der Waals surface area contributed by atoms with Gasteiger partial charge in [0.1, 0.15) is 11.8 Å². The van der Waals surface area contributed by atoms with E-state index in [4.69, 9.17) is 4.42 Å². The average Bonchev–Trinajstić information content (AvgIpc) is 3.00. The van der Waals surface area contributed by atoms with Crippen LogP contribution >= 0.6 is 0 Å². The molecule has 1 atom stereocenters. The van der Waals surface area contributed by atoms with Crippen molar-refractivity contribution in [3.05, 3.63) is 36.0 Å². The van der Waals surface area contributed by atoms with Crippen molar-refractivity contribution in [1.82, 2.24) is 15.0 Å². The molecule has 0 aromatic carbocycles. The van der Waals surface area contributed by atoms with Gasteiger partial charge >= 0.3 is 5.97 Å². The molecule has 2 aromatic heterocycles. The molecule has 2 heterocycles. The van der Waals surface area contributed by atoms with Gasteiger partial charge in [-0.05, 0) is 12.1 Å². The van der Waals surface area contributed by atoms with E-state index in [1.54, 1.807) is 12.1 Å². The number of aliphatic hydroxyl groups excluding tert-OH is 1. The lowest BCUT2D eigenvalue weighted by Gasteiger charge is -2.10. The molecule has 7 heteroatoms. The Morgan fingerprint density at radius 1 is 1.71 bits per heavy atom. The zero-order valence-corrected chi connectivity index (χ0v) is 9.11. The fourth-order valence-electron chi connectivity index (χ4n) is 1.41. The van der Waals surface area contributed by atoms with E-state index in [1.165, 1.54) is 24.3 Å². The first kappa shape index (κ1) is 11.3. The summed E-state index contributed by atoms with van der Waals surface area (Å²) < 4.78 is 11.0. The van der Waals surface area contributed by atoms with Gasteiger partial charge in [0, 0.05) is 0 Å². The highest BCUT2D eigenvalue weighted by Gasteiger charge is 2.19. The number of ether oxygens (including phenoxy) is 1. The van der Waals surface area contributed by atoms with E-state index in [0.717, 1.165) is 0 Å². The third kappa shape index (κ3) is 2.18. The normalized spacial score (nSPS) is 12.4. The minimum absolute atomic E-state index is 0.0810. The standard InChI is InChI=1S/C10H11N3O4/c1-16-10(15)7-5-13(12-11-7)8(6-14)9-3-2-4-17-9/h2-5,8,14H,6H2,1H3/t8-/m1/s1. The van der Waals surface area contributed by atoms with E-state index in [9.17, 15) is 9.90 Å². The lowest BCUT2D eigenvalue weighted by molar-refractivity contribution is 0.0594. The Morgan fingerprint density at radius 2 is 2.53 bits per heavy atom. The number of carbonyl (C=O) groups is 1.